The minimum atomic E-state index is -0.467. The van der Waals surface area contributed by atoms with Gasteiger partial charge in [-0.15, -0.1) is 0 Å². The largest absolute Gasteiger partial charge is 0.444 e. The van der Waals surface area contributed by atoms with Crippen molar-refractivity contribution >= 4 is 28.7 Å². The summed E-state index contributed by atoms with van der Waals surface area (Å²) >= 11 is 0. The molecule has 1 aromatic heterocycles. The molecule has 0 bridgehead atoms. The molecule has 7 heteroatoms. The highest BCUT2D eigenvalue weighted by atomic mass is 16.6. The summed E-state index contributed by atoms with van der Waals surface area (Å²) in [6.07, 6.45) is 2.44. The second-order valence-electron chi connectivity index (χ2n) is 7.70. The van der Waals surface area contributed by atoms with Crippen molar-refractivity contribution in [2.75, 3.05) is 25.0 Å². The lowest BCUT2D eigenvalue weighted by Gasteiger charge is -2.39. The average Bonchev–Trinajstić information content (AvgIpc) is 2.95. The van der Waals surface area contributed by atoms with Gasteiger partial charge in [-0.1, -0.05) is 0 Å². The Morgan fingerprint density at radius 1 is 1.27 bits per heavy atom. The third kappa shape index (κ3) is 4.68. The Bertz CT molecular complexity index is 787. The molecule has 2 heterocycles. The van der Waals surface area contributed by atoms with Gasteiger partial charge in [0.05, 0.1) is 0 Å². The maximum Gasteiger partial charge on any atom is 0.410 e. The number of hydrogen-bond acceptors (Lipinski definition) is 3. The summed E-state index contributed by atoms with van der Waals surface area (Å²) < 4.78 is 5.33. The standard InChI is InChI=1S/C19H26N4O3/c1-19(2,3)26-18(25)23-11-13(12-23)6-8-21-17(24)22-15-4-5-16-14(10-15)7-9-20-16/h4-5,7,9-10,13,20H,6,8,11-12H2,1-3H3,(H2,21,22,24). The summed E-state index contributed by atoms with van der Waals surface area (Å²) in [5, 5.41) is 6.75. The molecule has 1 fully saturated rings. The number of hydrogen-bond donors (Lipinski definition) is 3. The fourth-order valence-corrected chi connectivity index (χ4v) is 2.92. The van der Waals surface area contributed by atoms with Gasteiger partial charge in [-0.3, -0.25) is 0 Å². The number of fused-ring (bicyclic) bond motifs is 1. The van der Waals surface area contributed by atoms with Crippen LogP contribution in [0.25, 0.3) is 10.9 Å². The van der Waals surface area contributed by atoms with Gasteiger partial charge in [0, 0.05) is 42.4 Å². The van der Waals surface area contributed by atoms with Gasteiger partial charge < -0.3 is 25.3 Å². The van der Waals surface area contributed by atoms with Crippen molar-refractivity contribution in [3.05, 3.63) is 30.5 Å². The van der Waals surface area contributed by atoms with Crippen molar-refractivity contribution in [2.24, 2.45) is 5.92 Å². The summed E-state index contributed by atoms with van der Waals surface area (Å²) in [6, 6.07) is 7.47. The summed E-state index contributed by atoms with van der Waals surface area (Å²) in [5.74, 6) is 0.402. The van der Waals surface area contributed by atoms with Crippen LogP contribution in [-0.2, 0) is 4.74 Å². The maximum atomic E-state index is 12.0. The van der Waals surface area contributed by atoms with E-state index in [0.717, 1.165) is 23.0 Å². The van der Waals surface area contributed by atoms with Crippen molar-refractivity contribution in [2.45, 2.75) is 32.8 Å². The monoisotopic (exact) mass is 358 g/mol. The van der Waals surface area contributed by atoms with Crippen LogP contribution in [0.15, 0.2) is 30.5 Å². The van der Waals surface area contributed by atoms with E-state index in [0.29, 0.717) is 25.6 Å². The molecule has 0 aliphatic carbocycles. The number of anilines is 1. The number of nitrogens with one attached hydrogen (secondary N) is 3. The van der Waals surface area contributed by atoms with Crippen LogP contribution < -0.4 is 10.6 Å². The Labute approximate surface area is 153 Å². The summed E-state index contributed by atoms with van der Waals surface area (Å²) in [4.78, 5) is 28.7. The van der Waals surface area contributed by atoms with Crippen LogP contribution in [0.3, 0.4) is 0 Å². The van der Waals surface area contributed by atoms with Crippen LogP contribution in [0.5, 0.6) is 0 Å². The number of urea groups is 1. The molecule has 3 N–H and O–H groups in total. The van der Waals surface area contributed by atoms with Crippen LogP contribution in [-0.4, -0.2) is 47.2 Å². The number of H-pyrrole nitrogens is 1. The quantitative estimate of drug-likeness (QED) is 0.781. The van der Waals surface area contributed by atoms with Crippen LogP contribution in [0.4, 0.5) is 15.3 Å². The highest BCUT2D eigenvalue weighted by Gasteiger charge is 2.33. The summed E-state index contributed by atoms with van der Waals surface area (Å²) in [6.45, 7) is 7.52. The maximum absolute atomic E-state index is 12.0. The van der Waals surface area contributed by atoms with Gasteiger partial charge in [0.25, 0.3) is 0 Å². The second kappa shape index (κ2) is 7.27. The molecule has 1 aliphatic heterocycles. The molecule has 0 saturated carbocycles. The van der Waals surface area contributed by atoms with E-state index in [1.807, 2.05) is 51.2 Å². The van der Waals surface area contributed by atoms with Gasteiger partial charge in [0.15, 0.2) is 0 Å². The number of amides is 3. The highest BCUT2D eigenvalue weighted by molar-refractivity contribution is 5.92. The van der Waals surface area contributed by atoms with Crippen molar-refractivity contribution in [1.29, 1.82) is 0 Å². The molecule has 1 saturated heterocycles. The van der Waals surface area contributed by atoms with Gasteiger partial charge >= 0.3 is 12.1 Å². The molecule has 0 radical (unpaired) electrons. The van der Waals surface area contributed by atoms with Crippen LogP contribution in [0, 0.1) is 5.92 Å². The third-order valence-corrected chi connectivity index (χ3v) is 4.26. The minimum Gasteiger partial charge on any atom is -0.444 e. The van der Waals surface area contributed by atoms with E-state index in [2.05, 4.69) is 15.6 Å². The highest BCUT2D eigenvalue weighted by Crippen LogP contribution is 2.22. The molecular formula is C19H26N4O3. The first-order valence-corrected chi connectivity index (χ1v) is 8.90. The van der Waals surface area contributed by atoms with E-state index in [-0.39, 0.29) is 12.1 Å². The van der Waals surface area contributed by atoms with Gasteiger partial charge in [0.2, 0.25) is 0 Å². The smallest absolute Gasteiger partial charge is 0.410 e. The Hall–Kier alpha value is -2.70. The minimum absolute atomic E-state index is 0.219. The number of benzene rings is 1. The first-order valence-electron chi connectivity index (χ1n) is 8.90. The van der Waals surface area contributed by atoms with E-state index in [9.17, 15) is 9.59 Å². The van der Waals surface area contributed by atoms with E-state index < -0.39 is 5.60 Å². The molecule has 26 heavy (non-hydrogen) atoms. The molecule has 3 amide bonds. The Morgan fingerprint density at radius 3 is 2.77 bits per heavy atom. The average molecular weight is 358 g/mol. The lowest BCUT2D eigenvalue weighted by Crippen LogP contribution is -2.52. The molecular weight excluding hydrogens is 332 g/mol. The number of aromatic nitrogens is 1. The van der Waals surface area contributed by atoms with Crippen molar-refractivity contribution in [3.8, 4) is 0 Å². The molecule has 1 aromatic carbocycles. The number of rotatable bonds is 4. The van der Waals surface area contributed by atoms with Crippen LogP contribution in [0.1, 0.15) is 27.2 Å². The predicted molar refractivity (Wildman–Crippen MR) is 101 cm³/mol. The van der Waals surface area contributed by atoms with Gasteiger partial charge in [0.1, 0.15) is 5.60 Å². The van der Waals surface area contributed by atoms with Crippen LogP contribution in [0.2, 0.25) is 0 Å². The number of carbonyl (C=O) groups excluding carboxylic acids is 2. The molecule has 3 rings (SSSR count). The zero-order chi connectivity index (χ0) is 18.7. The van der Waals surface area contributed by atoms with Crippen molar-refractivity contribution < 1.29 is 14.3 Å². The molecule has 0 spiro atoms. The second-order valence-corrected chi connectivity index (χ2v) is 7.70. The van der Waals surface area contributed by atoms with Gasteiger partial charge in [-0.25, -0.2) is 9.59 Å². The summed E-state index contributed by atoms with van der Waals surface area (Å²) in [5.41, 5.74) is 1.33. The fraction of sp³-hybridized carbons (Fsp3) is 0.474. The van der Waals surface area contributed by atoms with E-state index in [1.54, 1.807) is 4.90 Å². The van der Waals surface area contributed by atoms with Crippen molar-refractivity contribution in [3.63, 3.8) is 0 Å². The number of carbonyl (C=O) groups is 2. The first-order chi connectivity index (χ1) is 12.3. The predicted octanol–water partition coefficient (Wildman–Crippen LogP) is 3.55. The van der Waals surface area contributed by atoms with E-state index in [4.69, 9.17) is 4.74 Å². The lowest BCUT2D eigenvalue weighted by molar-refractivity contribution is -0.00195. The molecule has 1 aliphatic rings. The Kier molecular flexibility index (Phi) is 5.06. The fourth-order valence-electron chi connectivity index (χ4n) is 2.92. The molecule has 0 unspecified atom stereocenters. The zero-order valence-electron chi connectivity index (χ0n) is 15.5. The first kappa shape index (κ1) is 18.1. The topological polar surface area (TPSA) is 86.5 Å². The zero-order valence-corrected chi connectivity index (χ0v) is 15.5. The number of aromatic amines is 1. The van der Waals surface area contributed by atoms with Crippen molar-refractivity contribution in [1.82, 2.24) is 15.2 Å². The Balaban J connectivity index is 1.34. The lowest BCUT2D eigenvalue weighted by atomic mass is 9.97. The van der Waals surface area contributed by atoms with Gasteiger partial charge in [-0.2, -0.15) is 0 Å². The van der Waals surface area contributed by atoms with E-state index >= 15 is 0 Å². The third-order valence-electron chi connectivity index (χ3n) is 4.26. The normalized spacial score (nSPS) is 14.8. The number of likely N-dealkylation sites (tertiary alicyclic amines) is 1. The van der Waals surface area contributed by atoms with Gasteiger partial charge in [-0.05, 0) is 57.4 Å². The molecule has 2 aromatic rings. The molecule has 7 nitrogen and oxygen atoms in total. The van der Waals surface area contributed by atoms with E-state index in [1.165, 1.54) is 0 Å². The molecule has 140 valence electrons. The SMILES string of the molecule is CC(C)(C)OC(=O)N1CC(CCNC(=O)Nc2ccc3[nH]ccc3c2)C1. The Morgan fingerprint density at radius 2 is 2.04 bits per heavy atom. The number of ether oxygens (including phenoxy) is 1. The summed E-state index contributed by atoms with van der Waals surface area (Å²) in [7, 11) is 0. The van der Waals surface area contributed by atoms with Crippen LogP contribution >= 0.6 is 0 Å². The number of nitrogens with zero attached hydrogens (tertiary/aromatic N) is 1. The molecule has 0 atom stereocenters.